The molecule has 1 aliphatic heterocycles. The number of halogens is 3. The standard InChI is InChI=1S/C27H30F3N3O2/c28-27(29,30)17-4-3-5-18(16-17)32-14-12-31(13-15-32)10-1-2-11-33-25(34)23-21-8-9-22(24(23)26(33)35)20-7-6-19(20)21/h3-9,16,19-22,34-35H,1-2,10-15H2. The molecule has 186 valence electrons. The molecular weight excluding hydrogens is 455 g/mol. The normalized spacial score (nSPS) is 27.1. The second-order valence-electron chi connectivity index (χ2n) is 10.2. The number of hydrogen-bond donors (Lipinski definition) is 2. The number of allylic oxidation sites excluding steroid dienone is 4. The van der Waals surface area contributed by atoms with Gasteiger partial charge in [0.05, 0.1) is 5.56 Å². The highest BCUT2D eigenvalue weighted by atomic mass is 19.4. The highest BCUT2D eigenvalue weighted by Crippen LogP contribution is 2.61. The molecule has 4 atom stereocenters. The van der Waals surface area contributed by atoms with Gasteiger partial charge in [-0.15, -0.1) is 0 Å². The predicted octanol–water partition coefficient (Wildman–Crippen LogP) is 5.07. The van der Waals surface area contributed by atoms with Gasteiger partial charge in [-0.3, -0.25) is 9.47 Å². The summed E-state index contributed by atoms with van der Waals surface area (Å²) in [5, 5.41) is 21.8. The number of piperazine rings is 1. The van der Waals surface area contributed by atoms with Crippen molar-refractivity contribution in [2.24, 2.45) is 11.8 Å². The highest BCUT2D eigenvalue weighted by molar-refractivity contribution is 5.59. The monoisotopic (exact) mass is 485 g/mol. The maximum atomic E-state index is 13.0. The Morgan fingerprint density at radius 3 is 1.97 bits per heavy atom. The van der Waals surface area contributed by atoms with Gasteiger partial charge < -0.3 is 15.1 Å². The van der Waals surface area contributed by atoms with Gasteiger partial charge in [0.15, 0.2) is 11.8 Å². The van der Waals surface area contributed by atoms with Crippen LogP contribution in [-0.2, 0) is 12.7 Å². The molecule has 0 spiro atoms. The summed E-state index contributed by atoms with van der Waals surface area (Å²) < 4.78 is 40.7. The third-order valence-corrected chi connectivity index (χ3v) is 8.32. The Kier molecular flexibility index (Phi) is 5.40. The number of rotatable bonds is 6. The Labute approximate surface area is 202 Å². The first-order valence-corrected chi connectivity index (χ1v) is 12.5. The Morgan fingerprint density at radius 1 is 0.800 bits per heavy atom. The maximum absolute atomic E-state index is 13.0. The van der Waals surface area contributed by atoms with E-state index in [4.69, 9.17) is 0 Å². The zero-order valence-corrected chi connectivity index (χ0v) is 19.5. The lowest BCUT2D eigenvalue weighted by Crippen LogP contribution is -2.46. The van der Waals surface area contributed by atoms with Gasteiger partial charge in [-0.05, 0) is 49.4 Å². The molecule has 8 heteroatoms. The van der Waals surface area contributed by atoms with Crippen LogP contribution in [-0.4, -0.2) is 52.4 Å². The van der Waals surface area contributed by atoms with Gasteiger partial charge in [0, 0.05) is 61.4 Å². The molecule has 2 N–H and O–H groups in total. The summed E-state index contributed by atoms with van der Waals surface area (Å²) in [4.78, 5) is 4.34. The minimum absolute atomic E-state index is 0.158. The molecule has 2 bridgehead atoms. The average Bonchev–Trinajstić information content (AvgIpc) is 3.08. The quantitative estimate of drug-likeness (QED) is 0.443. The van der Waals surface area contributed by atoms with E-state index in [0.717, 1.165) is 49.7 Å². The van der Waals surface area contributed by atoms with E-state index in [0.29, 0.717) is 37.2 Å². The van der Waals surface area contributed by atoms with Gasteiger partial charge in [-0.1, -0.05) is 30.4 Å². The number of aromatic hydroxyl groups is 2. The molecular formula is C27H30F3N3O2. The topological polar surface area (TPSA) is 51.9 Å². The molecule has 1 aromatic heterocycles. The third kappa shape index (κ3) is 3.73. The fourth-order valence-electron chi connectivity index (χ4n) is 6.37. The van der Waals surface area contributed by atoms with E-state index >= 15 is 0 Å². The van der Waals surface area contributed by atoms with E-state index < -0.39 is 11.7 Å². The van der Waals surface area contributed by atoms with E-state index in [-0.39, 0.29) is 23.6 Å². The first kappa shape index (κ1) is 22.6. The minimum atomic E-state index is -4.33. The van der Waals surface area contributed by atoms with Gasteiger partial charge in [0.2, 0.25) is 0 Å². The Morgan fingerprint density at radius 2 is 1.40 bits per heavy atom. The predicted molar refractivity (Wildman–Crippen MR) is 128 cm³/mol. The highest BCUT2D eigenvalue weighted by Gasteiger charge is 2.49. The molecule has 0 amide bonds. The number of alkyl halides is 3. The Balaban J connectivity index is 1.01. The zero-order chi connectivity index (χ0) is 24.3. The molecule has 2 aromatic rings. The summed E-state index contributed by atoms with van der Waals surface area (Å²) >= 11 is 0. The molecule has 5 aliphatic rings. The summed E-state index contributed by atoms with van der Waals surface area (Å²) in [6.07, 6.45) is 6.22. The second-order valence-corrected chi connectivity index (χ2v) is 10.2. The second kappa shape index (κ2) is 8.36. The SMILES string of the molecule is Oc1c2c(c(O)n1CCCCN1CCN(c3cccc(C(F)(F)F)c3)CC1)C1C=CC2C2C=CC12. The van der Waals surface area contributed by atoms with Crippen LogP contribution in [0.1, 0.15) is 41.4 Å². The number of nitrogens with zero attached hydrogens (tertiary/aromatic N) is 3. The minimum Gasteiger partial charge on any atom is -0.494 e. The molecule has 7 rings (SSSR count). The van der Waals surface area contributed by atoms with Gasteiger partial charge >= 0.3 is 6.18 Å². The van der Waals surface area contributed by atoms with E-state index in [1.54, 1.807) is 10.6 Å². The first-order valence-electron chi connectivity index (χ1n) is 12.5. The van der Waals surface area contributed by atoms with Gasteiger partial charge in [-0.2, -0.15) is 13.2 Å². The van der Waals surface area contributed by atoms with Gasteiger partial charge in [0.25, 0.3) is 0 Å². The molecule has 0 radical (unpaired) electrons. The van der Waals surface area contributed by atoms with Crippen molar-refractivity contribution in [2.75, 3.05) is 37.6 Å². The van der Waals surface area contributed by atoms with Crippen LogP contribution in [0.2, 0.25) is 0 Å². The average molecular weight is 486 g/mol. The summed E-state index contributed by atoms with van der Waals surface area (Å²) in [5.74, 6) is 1.62. The van der Waals surface area contributed by atoms with Crippen molar-refractivity contribution in [3.8, 4) is 11.8 Å². The first-order chi connectivity index (χ1) is 16.8. The third-order valence-electron chi connectivity index (χ3n) is 8.32. The van der Waals surface area contributed by atoms with Crippen molar-refractivity contribution in [3.63, 3.8) is 0 Å². The van der Waals surface area contributed by atoms with Crippen molar-refractivity contribution in [3.05, 3.63) is 65.3 Å². The zero-order valence-electron chi connectivity index (χ0n) is 19.5. The van der Waals surface area contributed by atoms with Crippen LogP contribution in [0.4, 0.5) is 18.9 Å². The number of aromatic nitrogens is 1. The maximum Gasteiger partial charge on any atom is 0.416 e. The molecule has 1 saturated heterocycles. The fraction of sp³-hybridized carbons (Fsp3) is 0.481. The van der Waals surface area contributed by atoms with E-state index in [1.807, 2.05) is 4.90 Å². The Bertz CT molecular complexity index is 1130. The van der Waals surface area contributed by atoms with Crippen LogP contribution in [0, 0.1) is 11.8 Å². The van der Waals surface area contributed by atoms with Crippen LogP contribution >= 0.6 is 0 Å². The number of anilines is 1. The molecule has 4 aliphatic carbocycles. The Hall–Kier alpha value is -2.87. The van der Waals surface area contributed by atoms with Gasteiger partial charge in [-0.25, -0.2) is 0 Å². The van der Waals surface area contributed by atoms with Crippen LogP contribution < -0.4 is 4.90 Å². The van der Waals surface area contributed by atoms with Crippen LogP contribution in [0.5, 0.6) is 11.8 Å². The van der Waals surface area contributed by atoms with Gasteiger partial charge in [0.1, 0.15) is 0 Å². The summed E-state index contributed by atoms with van der Waals surface area (Å²) in [5.41, 5.74) is 1.83. The lowest BCUT2D eigenvalue weighted by molar-refractivity contribution is -0.137. The number of benzene rings is 1. The number of unbranched alkanes of at least 4 members (excludes halogenated alkanes) is 1. The van der Waals surface area contributed by atoms with Crippen LogP contribution in [0.3, 0.4) is 0 Å². The van der Waals surface area contributed by atoms with Crippen LogP contribution in [0.25, 0.3) is 0 Å². The summed E-state index contributed by atoms with van der Waals surface area (Å²) in [6, 6.07) is 5.55. The van der Waals surface area contributed by atoms with E-state index in [9.17, 15) is 23.4 Å². The molecule has 1 aromatic carbocycles. The van der Waals surface area contributed by atoms with Crippen LogP contribution in [0.15, 0.2) is 48.6 Å². The van der Waals surface area contributed by atoms with Crippen molar-refractivity contribution in [1.29, 1.82) is 0 Å². The molecule has 5 nitrogen and oxygen atoms in total. The molecule has 2 heterocycles. The summed E-state index contributed by atoms with van der Waals surface area (Å²) in [6.45, 7) is 4.44. The molecule has 1 fully saturated rings. The lowest BCUT2D eigenvalue weighted by Gasteiger charge is -2.47. The van der Waals surface area contributed by atoms with Crippen molar-refractivity contribution in [2.45, 2.75) is 37.4 Å². The largest absolute Gasteiger partial charge is 0.494 e. The summed E-state index contributed by atoms with van der Waals surface area (Å²) in [7, 11) is 0. The lowest BCUT2D eigenvalue weighted by atomic mass is 9.56. The smallest absolute Gasteiger partial charge is 0.416 e. The van der Waals surface area contributed by atoms with Crippen molar-refractivity contribution >= 4 is 5.69 Å². The van der Waals surface area contributed by atoms with E-state index in [1.165, 1.54) is 12.1 Å². The molecule has 35 heavy (non-hydrogen) atoms. The number of hydrogen-bond acceptors (Lipinski definition) is 4. The molecule has 0 saturated carbocycles. The van der Waals surface area contributed by atoms with Crippen molar-refractivity contribution < 1.29 is 23.4 Å². The van der Waals surface area contributed by atoms with Crippen molar-refractivity contribution in [1.82, 2.24) is 9.47 Å². The molecule has 4 unspecified atom stereocenters. The fourth-order valence-corrected chi connectivity index (χ4v) is 6.37. The van der Waals surface area contributed by atoms with E-state index in [2.05, 4.69) is 29.2 Å².